The van der Waals surface area contributed by atoms with E-state index in [9.17, 15) is 14.0 Å². The van der Waals surface area contributed by atoms with Gasteiger partial charge in [0, 0.05) is 5.56 Å². The fourth-order valence-electron chi connectivity index (χ4n) is 2.99. The van der Waals surface area contributed by atoms with Crippen LogP contribution >= 0.6 is 0 Å². The van der Waals surface area contributed by atoms with Crippen molar-refractivity contribution in [1.29, 1.82) is 0 Å². The van der Waals surface area contributed by atoms with Gasteiger partial charge in [-0.3, -0.25) is 9.69 Å². The molecule has 1 aromatic rings. The van der Waals surface area contributed by atoms with E-state index in [1.807, 2.05) is 0 Å². The highest BCUT2D eigenvalue weighted by Crippen LogP contribution is 2.42. The van der Waals surface area contributed by atoms with Gasteiger partial charge in [-0.25, -0.2) is 9.18 Å². The van der Waals surface area contributed by atoms with Crippen molar-refractivity contribution in [2.24, 2.45) is 0 Å². The van der Waals surface area contributed by atoms with Crippen LogP contribution in [0.15, 0.2) is 24.3 Å². The molecule has 1 fully saturated rings. The van der Waals surface area contributed by atoms with Crippen molar-refractivity contribution < 1.29 is 23.5 Å². The van der Waals surface area contributed by atoms with E-state index in [2.05, 4.69) is 0 Å². The molecular formula is C19H26FNO4. The third-order valence-corrected chi connectivity index (χ3v) is 4.07. The minimum Gasteiger partial charge on any atom is -0.444 e. The number of nitrogens with zero attached hydrogens (tertiary/aromatic N) is 1. The second-order valence-electron chi connectivity index (χ2n) is 7.74. The molecular weight excluding hydrogens is 325 g/mol. The van der Waals surface area contributed by atoms with Crippen molar-refractivity contribution in [3.63, 3.8) is 0 Å². The molecule has 1 aliphatic heterocycles. The molecule has 1 saturated heterocycles. The first-order valence-electron chi connectivity index (χ1n) is 8.33. The number of ketones is 1. The van der Waals surface area contributed by atoms with Gasteiger partial charge in [-0.2, -0.15) is 0 Å². The third-order valence-electron chi connectivity index (χ3n) is 4.07. The van der Waals surface area contributed by atoms with Crippen molar-refractivity contribution in [3.05, 3.63) is 35.4 Å². The lowest BCUT2D eigenvalue weighted by molar-refractivity contribution is -0.0797. The molecule has 0 aliphatic carbocycles. The number of amides is 1. The predicted octanol–water partition coefficient (Wildman–Crippen LogP) is 4.27. The average Bonchev–Trinajstić information content (AvgIpc) is 2.76. The van der Waals surface area contributed by atoms with Gasteiger partial charge in [-0.1, -0.05) is 24.3 Å². The molecule has 1 heterocycles. The van der Waals surface area contributed by atoms with E-state index in [1.165, 1.54) is 11.8 Å². The zero-order valence-corrected chi connectivity index (χ0v) is 15.6. The molecule has 5 nitrogen and oxygen atoms in total. The van der Waals surface area contributed by atoms with E-state index < -0.39 is 36.2 Å². The van der Waals surface area contributed by atoms with E-state index in [0.717, 1.165) is 0 Å². The van der Waals surface area contributed by atoms with E-state index in [1.54, 1.807) is 58.9 Å². The zero-order valence-electron chi connectivity index (χ0n) is 15.6. The quantitative estimate of drug-likeness (QED) is 0.763. The number of halogens is 1. The van der Waals surface area contributed by atoms with Crippen LogP contribution in [0.1, 0.15) is 63.6 Å². The lowest BCUT2D eigenvalue weighted by Crippen LogP contribution is -2.50. The van der Waals surface area contributed by atoms with Crippen molar-refractivity contribution >= 4 is 11.9 Å². The summed E-state index contributed by atoms with van der Waals surface area (Å²) in [6.07, 6.45) is -1.24. The van der Waals surface area contributed by atoms with Gasteiger partial charge < -0.3 is 9.47 Å². The molecule has 0 N–H and O–H groups in total. The Labute approximate surface area is 148 Å². The first-order valence-corrected chi connectivity index (χ1v) is 8.33. The largest absolute Gasteiger partial charge is 0.444 e. The van der Waals surface area contributed by atoms with E-state index in [4.69, 9.17) is 9.47 Å². The van der Waals surface area contributed by atoms with Crippen molar-refractivity contribution in [2.45, 2.75) is 65.0 Å². The Morgan fingerprint density at radius 2 is 1.80 bits per heavy atom. The highest BCUT2D eigenvalue weighted by molar-refractivity contribution is 5.94. The highest BCUT2D eigenvalue weighted by atomic mass is 19.1. The maximum atomic E-state index is 13.8. The fourth-order valence-corrected chi connectivity index (χ4v) is 2.99. The van der Waals surface area contributed by atoms with Crippen LogP contribution in [0.25, 0.3) is 0 Å². The van der Waals surface area contributed by atoms with Crippen LogP contribution in [-0.4, -0.2) is 40.8 Å². The van der Waals surface area contributed by atoms with Gasteiger partial charge in [-0.15, -0.1) is 0 Å². The Hall–Kier alpha value is -1.95. The number of Topliss-reactive ketones (excluding diaryl/α,β-unsaturated/α-hetero) is 1. The molecule has 6 heteroatoms. The molecule has 25 heavy (non-hydrogen) atoms. The van der Waals surface area contributed by atoms with Crippen molar-refractivity contribution in [1.82, 2.24) is 4.90 Å². The van der Waals surface area contributed by atoms with E-state index >= 15 is 0 Å². The summed E-state index contributed by atoms with van der Waals surface area (Å²) in [5.74, 6) is -0.0448. The van der Waals surface area contributed by atoms with Gasteiger partial charge in [-0.05, 0) is 47.1 Å². The van der Waals surface area contributed by atoms with E-state index in [0.29, 0.717) is 11.1 Å². The number of benzene rings is 1. The molecule has 138 valence electrons. The maximum Gasteiger partial charge on any atom is 0.413 e. The smallest absolute Gasteiger partial charge is 0.413 e. The average molecular weight is 351 g/mol. The van der Waals surface area contributed by atoms with Crippen LogP contribution in [-0.2, 0) is 9.47 Å². The molecule has 2 atom stereocenters. The molecule has 0 spiro atoms. The Balaban J connectivity index is 2.32. The molecule has 0 saturated carbocycles. The first kappa shape index (κ1) is 19.4. The molecule has 2 rings (SSSR count). The number of hydrogen-bond acceptors (Lipinski definition) is 4. The maximum absolute atomic E-state index is 13.8. The Bertz CT molecular complexity index is 648. The number of carbonyl (C=O) groups is 2. The van der Waals surface area contributed by atoms with Crippen molar-refractivity contribution in [2.75, 3.05) is 6.67 Å². The second-order valence-corrected chi connectivity index (χ2v) is 7.74. The first-order chi connectivity index (χ1) is 11.5. The van der Waals surface area contributed by atoms with Gasteiger partial charge >= 0.3 is 6.09 Å². The van der Waals surface area contributed by atoms with Gasteiger partial charge in [0.2, 0.25) is 0 Å². The molecule has 0 aromatic heterocycles. The monoisotopic (exact) mass is 351 g/mol. The Morgan fingerprint density at radius 1 is 1.24 bits per heavy atom. The summed E-state index contributed by atoms with van der Waals surface area (Å²) in [6.45, 7) is 9.43. The van der Waals surface area contributed by atoms with Crippen LogP contribution in [0.3, 0.4) is 0 Å². The highest BCUT2D eigenvalue weighted by Gasteiger charge is 2.51. The summed E-state index contributed by atoms with van der Waals surface area (Å²) < 4.78 is 25.3. The van der Waals surface area contributed by atoms with Crippen LogP contribution < -0.4 is 0 Å². The van der Waals surface area contributed by atoms with Crippen LogP contribution in [0, 0.1) is 0 Å². The minimum absolute atomic E-state index is 0.0448. The lowest BCUT2D eigenvalue weighted by Gasteiger charge is -2.34. The summed E-state index contributed by atoms with van der Waals surface area (Å²) in [7, 11) is 0. The Kier molecular flexibility index (Phi) is 5.23. The topological polar surface area (TPSA) is 55.8 Å². The van der Waals surface area contributed by atoms with Gasteiger partial charge in [0.15, 0.2) is 5.78 Å². The van der Waals surface area contributed by atoms with Crippen LogP contribution in [0.4, 0.5) is 9.18 Å². The fraction of sp³-hybridized carbons (Fsp3) is 0.579. The van der Waals surface area contributed by atoms with Crippen molar-refractivity contribution in [3.8, 4) is 0 Å². The number of hydrogen-bond donors (Lipinski definition) is 0. The summed E-state index contributed by atoms with van der Waals surface area (Å²) >= 11 is 0. The predicted molar refractivity (Wildman–Crippen MR) is 92.2 cm³/mol. The van der Waals surface area contributed by atoms with Gasteiger partial charge in [0.1, 0.15) is 24.1 Å². The zero-order chi connectivity index (χ0) is 19.0. The SMILES string of the molecule is CC(=O)c1ccc([C@H]2OC(C)(C)N(C(=O)OC(C)(C)C)[C@@H]2CF)cc1. The Morgan fingerprint density at radius 3 is 2.24 bits per heavy atom. The molecule has 1 aromatic carbocycles. The number of carbonyl (C=O) groups excluding carboxylic acids is 2. The molecule has 1 amide bonds. The summed E-state index contributed by atoms with van der Waals surface area (Å²) in [4.78, 5) is 25.3. The third kappa shape index (κ3) is 4.18. The molecule has 0 bridgehead atoms. The van der Waals surface area contributed by atoms with E-state index in [-0.39, 0.29) is 5.78 Å². The molecule has 0 radical (unpaired) electrons. The summed E-state index contributed by atoms with van der Waals surface area (Å²) in [5.41, 5.74) is -0.410. The minimum atomic E-state index is -1.01. The standard InChI is InChI=1S/C19H26FNO4/c1-12(22)13-7-9-14(10-8-13)16-15(11-20)21(19(5,6)24-16)17(23)25-18(2,3)4/h7-10,15-16H,11H2,1-6H3/t15-,16-/m1/s1. The second kappa shape index (κ2) is 6.75. The molecule has 0 unspecified atom stereocenters. The summed E-state index contributed by atoms with van der Waals surface area (Å²) in [6, 6.07) is 6.03. The summed E-state index contributed by atoms with van der Waals surface area (Å²) in [5, 5.41) is 0. The number of ether oxygens (including phenoxy) is 2. The van der Waals surface area contributed by atoms with Gasteiger partial charge in [0.05, 0.1) is 6.04 Å². The molecule has 1 aliphatic rings. The number of rotatable bonds is 3. The normalized spacial score (nSPS) is 22.8. The van der Waals surface area contributed by atoms with Gasteiger partial charge in [0.25, 0.3) is 0 Å². The number of alkyl halides is 1. The van der Waals surface area contributed by atoms with Crippen LogP contribution in [0.2, 0.25) is 0 Å². The van der Waals surface area contributed by atoms with Crippen LogP contribution in [0.5, 0.6) is 0 Å². The lowest BCUT2D eigenvalue weighted by atomic mass is 10.0.